The molecule has 1 aliphatic rings. The van der Waals surface area contributed by atoms with E-state index in [1.54, 1.807) is 11.3 Å². The summed E-state index contributed by atoms with van der Waals surface area (Å²) in [7, 11) is 0. The average molecular weight is 422 g/mol. The Hall–Kier alpha value is -2.63. The number of thiazole rings is 1. The van der Waals surface area contributed by atoms with Crippen LogP contribution in [0, 0.1) is 0 Å². The van der Waals surface area contributed by atoms with Gasteiger partial charge in [0.25, 0.3) is 0 Å². The summed E-state index contributed by atoms with van der Waals surface area (Å²) in [5, 5.41) is 5.88. The third-order valence-corrected chi connectivity index (χ3v) is 6.82. The van der Waals surface area contributed by atoms with E-state index >= 15 is 0 Å². The zero-order chi connectivity index (χ0) is 19.8. The second kappa shape index (κ2) is 7.32. The third kappa shape index (κ3) is 3.34. The van der Waals surface area contributed by atoms with Gasteiger partial charge in [-0.1, -0.05) is 48.7 Å². The Morgan fingerprint density at radius 2 is 1.93 bits per heavy atom. The van der Waals surface area contributed by atoms with Crippen LogP contribution in [-0.2, 0) is 10.2 Å². The molecule has 0 spiro atoms. The van der Waals surface area contributed by atoms with Crippen molar-refractivity contribution in [3.05, 3.63) is 76.9 Å². The molecule has 1 fully saturated rings. The lowest BCUT2D eigenvalue weighted by Gasteiger charge is -2.28. The quantitative estimate of drug-likeness (QED) is 0.428. The van der Waals surface area contributed by atoms with E-state index in [1.807, 2.05) is 70.7 Å². The molecule has 0 unspecified atom stereocenters. The highest BCUT2D eigenvalue weighted by Gasteiger charge is 2.42. The Bertz CT molecular complexity index is 1140. The number of carbonyl (C=O) groups is 1. The Labute approximate surface area is 178 Å². The first kappa shape index (κ1) is 18.4. The van der Waals surface area contributed by atoms with E-state index in [4.69, 9.17) is 11.6 Å². The van der Waals surface area contributed by atoms with Gasteiger partial charge in [-0.25, -0.2) is 4.98 Å². The van der Waals surface area contributed by atoms with E-state index in [1.165, 1.54) is 0 Å². The standard InChI is InChI=1S/C23H20ClN3OS/c24-18-8-6-17(7-9-18)23(10-1-2-11-23)21(28)25-19-5-3-4-16(14-19)20-15-27-12-13-29-22(27)26-20/h3-9,12-15H,1-2,10-11H2,(H,25,28). The summed E-state index contributed by atoms with van der Waals surface area (Å²) in [5.41, 5.74) is 3.25. The molecule has 5 rings (SSSR count). The Kier molecular flexibility index (Phi) is 4.64. The Morgan fingerprint density at radius 3 is 2.69 bits per heavy atom. The highest BCUT2D eigenvalue weighted by atomic mass is 35.5. The molecule has 4 nitrogen and oxygen atoms in total. The van der Waals surface area contributed by atoms with Crippen LogP contribution >= 0.6 is 22.9 Å². The Morgan fingerprint density at radius 1 is 1.14 bits per heavy atom. The number of hydrogen-bond donors (Lipinski definition) is 1. The fourth-order valence-corrected chi connectivity index (χ4v) is 5.09. The number of nitrogens with one attached hydrogen (secondary N) is 1. The summed E-state index contributed by atoms with van der Waals surface area (Å²) < 4.78 is 2.01. The largest absolute Gasteiger partial charge is 0.325 e. The van der Waals surface area contributed by atoms with Gasteiger partial charge in [0.15, 0.2) is 4.96 Å². The first-order valence-electron chi connectivity index (χ1n) is 9.74. The first-order valence-corrected chi connectivity index (χ1v) is 11.0. The van der Waals surface area contributed by atoms with Crippen LogP contribution in [0.2, 0.25) is 5.02 Å². The molecule has 2 aromatic carbocycles. The maximum absolute atomic E-state index is 13.4. The number of halogens is 1. The molecule has 4 aromatic rings. The van der Waals surface area contributed by atoms with Crippen LogP contribution in [0.3, 0.4) is 0 Å². The first-order chi connectivity index (χ1) is 14.1. The molecule has 0 atom stereocenters. The molecule has 0 aliphatic heterocycles. The lowest BCUT2D eigenvalue weighted by atomic mass is 9.78. The van der Waals surface area contributed by atoms with Crippen molar-refractivity contribution in [2.75, 3.05) is 5.32 Å². The zero-order valence-electron chi connectivity index (χ0n) is 15.8. The van der Waals surface area contributed by atoms with Crippen LogP contribution in [-0.4, -0.2) is 15.3 Å². The molecule has 0 saturated heterocycles. The molecule has 6 heteroatoms. The van der Waals surface area contributed by atoms with Crippen molar-refractivity contribution >= 4 is 39.5 Å². The van der Waals surface area contributed by atoms with E-state index in [-0.39, 0.29) is 5.91 Å². The highest BCUT2D eigenvalue weighted by molar-refractivity contribution is 7.15. The van der Waals surface area contributed by atoms with Gasteiger partial charge >= 0.3 is 0 Å². The molecular weight excluding hydrogens is 402 g/mol. The third-order valence-electron chi connectivity index (χ3n) is 5.80. The van der Waals surface area contributed by atoms with Crippen LogP contribution in [0.5, 0.6) is 0 Å². The maximum atomic E-state index is 13.4. The van der Waals surface area contributed by atoms with Crippen molar-refractivity contribution < 1.29 is 4.79 Å². The number of benzene rings is 2. The lowest BCUT2D eigenvalue weighted by molar-refractivity contribution is -0.121. The molecule has 1 aliphatic carbocycles. The van der Waals surface area contributed by atoms with E-state index < -0.39 is 5.41 Å². The fourth-order valence-electron chi connectivity index (χ4n) is 4.27. The van der Waals surface area contributed by atoms with Gasteiger partial charge in [0, 0.05) is 34.0 Å². The molecule has 29 heavy (non-hydrogen) atoms. The van der Waals surface area contributed by atoms with Crippen molar-refractivity contribution in [3.8, 4) is 11.3 Å². The van der Waals surface area contributed by atoms with E-state index in [9.17, 15) is 4.79 Å². The minimum atomic E-state index is -0.488. The minimum Gasteiger partial charge on any atom is -0.325 e. The number of anilines is 1. The molecular formula is C23H20ClN3OS. The molecule has 2 heterocycles. The van der Waals surface area contributed by atoms with Gasteiger partial charge < -0.3 is 5.32 Å². The minimum absolute atomic E-state index is 0.0558. The molecule has 0 radical (unpaired) electrons. The molecule has 0 bridgehead atoms. The number of rotatable bonds is 4. The van der Waals surface area contributed by atoms with Crippen molar-refractivity contribution in [2.24, 2.45) is 0 Å². The molecule has 1 N–H and O–H groups in total. The summed E-state index contributed by atoms with van der Waals surface area (Å²) >= 11 is 7.67. The van der Waals surface area contributed by atoms with Crippen LogP contribution in [0.15, 0.2) is 66.3 Å². The highest BCUT2D eigenvalue weighted by Crippen LogP contribution is 2.42. The summed E-state index contributed by atoms with van der Waals surface area (Å²) in [5.74, 6) is 0.0558. The van der Waals surface area contributed by atoms with Crippen molar-refractivity contribution in [1.29, 1.82) is 0 Å². The Balaban J connectivity index is 1.43. The summed E-state index contributed by atoms with van der Waals surface area (Å²) in [6.07, 6.45) is 7.84. The van der Waals surface area contributed by atoms with Gasteiger partial charge in [-0.05, 0) is 42.7 Å². The molecule has 1 amide bonds. The van der Waals surface area contributed by atoms with E-state index in [0.29, 0.717) is 5.02 Å². The van der Waals surface area contributed by atoms with Gasteiger partial charge in [0.05, 0.1) is 11.1 Å². The average Bonchev–Trinajstić information content (AvgIpc) is 3.45. The molecule has 2 aromatic heterocycles. The summed E-state index contributed by atoms with van der Waals surface area (Å²) in [6, 6.07) is 15.6. The number of carbonyl (C=O) groups excluding carboxylic acids is 1. The second-order valence-electron chi connectivity index (χ2n) is 7.55. The van der Waals surface area contributed by atoms with Gasteiger partial charge in [-0.2, -0.15) is 0 Å². The van der Waals surface area contributed by atoms with Gasteiger partial charge in [-0.3, -0.25) is 9.20 Å². The smallest absolute Gasteiger partial charge is 0.235 e. The SMILES string of the molecule is O=C(Nc1cccc(-c2cn3ccsc3n2)c1)C1(c2ccc(Cl)cc2)CCCC1. The number of nitrogens with zero attached hydrogens (tertiary/aromatic N) is 2. The maximum Gasteiger partial charge on any atom is 0.235 e. The number of amides is 1. The fraction of sp³-hybridized carbons (Fsp3) is 0.217. The molecule has 1 saturated carbocycles. The topological polar surface area (TPSA) is 46.4 Å². The second-order valence-corrected chi connectivity index (χ2v) is 8.86. The normalized spacial score (nSPS) is 15.6. The predicted octanol–water partition coefficient (Wildman–Crippen LogP) is 6.17. The number of imidazole rings is 1. The predicted molar refractivity (Wildman–Crippen MR) is 119 cm³/mol. The van der Waals surface area contributed by atoms with Crippen LogP contribution in [0.4, 0.5) is 5.69 Å². The van der Waals surface area contributed by atoms with Gasteiger partial charge in [-0.15, -0.1) is 11.3 Å². The molecule has 146 valence electrons. The van der Waals surface area contributed by atoms with Crippen molar-refractivity contribution in [3.63, 3.8) is 0 Å². The van der Waals surface area contributed by atoms with Crippen molar-refractivity contribution in [2.45, 2.75) is 31.1 Å². The summed E-state index contributed by atoms with van der Waals surface area (Å²) in [6.45, 7) is 0. The van der Waals surface area contributed by atoms with E-state index in [2.05, 4.69) is 10.3 Å². The van der Waals surface area contributed by atoms with Crippen LogP contribution in [0.25, 0.3) is 16.2 Å². The van der Waals surface area contributed by atoms with Gasteiger partial charge in [0.1, 0.15) is 0 Å². The van der Waals surface area contributed by atoms with E-state index in [0.717, 1.165) is 53.2 Å². The number of hydrogen-bond acceptors (Lipinski definition) is 3. The van der Waals surface area contributed by atoms with Crippen molar-refractivity contribution in [1.82, 2.24) is 9.38 Å². The number of aromatic nitrogens is 2. The monoisotopic (exact) mass is 421 g/mol. The van der Waals surface area contributed by atoms with Crippen LogP contribution in [0.1, 0.15) is 31.2 Å². The lowest BCUT2D eigenvalue weighted by Crippen LogP contribution is -2.37. The zero-order valence-corrected chi connectivity index (χ0v) is 17.3. The summed E-state index contributed by atoms with van der Waals surface area (Å²) in [4.78, 5) is 19.0. The van der Waals surface area contributed by atoms with Gasteiger partial charge in [0.2, 0.25) is 5.91 Å². The van der Waals surface area contributed by atoms with Crippen LogP contribution < -0.4 is 5.32 Å². The number of fused-ring (bicyclic) bond motifs is 1.